The van der Waals surface area contributed by atoms with Gasteiger partial charge in [0.05, 0.1) is 5.69 Å². The van der Waals surface area contributed by atoms with Crippen molar-refractivity contribution in [3.8, 4) is 0 Å². The Hall–Kier alpha value is -1.14. The Kier molecular flexibility index (Phi) is 6.61. The number of anilines is 1. The van der Waals surface area contributed by atoms with E-state index in [-0.39, 0.29) is 16.9 Å². The van der Waals surface area contributed by atoms with Gasteiger partial charge in [0.1, 0.15) is 0 Å². The molecular weight excluding hydrogens is 286 g/mol. The standard InChI is InChI=1S/C15H27N3O2S/c1-6-16-14-8-7-9-17-15(14)21(19,20)18(10-12(2)3)11-13(4)5/h7-9,12-13,16H,6,10-11H2,1-5H3. The van der Waals surface area contributed by atoms with E-state index < -0.39 is 10.0 Å². The van der Waals surface area contributed by atoms with Crippen LogP contribution in [0.2, 0.25) is 0 Å². The minimum absolute atomic E-state index is 0.119. The fraction of sp³-hybridized carbons (Fsp3) is 0.667. The number of aromatic nitrogens is 1. The number of hydrogen-bond acceptors (Lipinski definition) is 4. The van der Waals surface area contributed by atoms with Crippen LogP contribution in [0.15, 0.2) is 23.4 Å². The minimum atomic E-state index is -3.58. The number of rotatable bonds is 8. The molecule has 1 aromatic rings. The predicted octanol–water partition coefficient (Wildman–Crippen LogP) is 2.82. The number of nitrogens with one attached hydrogen (secondary N) is 1. The second-order valence-electron chi connectivity index (χ2n) is 6.00. The molecule has 21 heavy (non-hydrogen) atoms. The molecule has 0 bridgehead atoms. The van der Waals surface area contributed by atoms with Crippen LogP contribution in [-0.4, -0.2) is 37.3 Å². The van der Waals surface area contributed by atoms with E-state index in [2.05, 4.69) is 10.3 Å². The molecule has 1 aromatic heterocycles. The summed E-state index contributed by atoms with van der Waals surface area (Å²) in [5.74, 6) is 0.537. The Balaban J connectivity index is 3.21. The van der Waals surface area contributed by atoms with Gasteiger partial charge in [0.15, 0.2) is 5.03 Å². The van der Waals surface area contributed by atoms with Crippen LogP contribution in [0.5, 0.6) is 0 Å². The highest BCUT2D eigenvalue weighted by molar-refractivity contribution is 7.89. The predicted molar refractivity (Wildman–Crippen MR) is 86.8 cm³/mol. The minimum Gasteiger partial charge on any atom is -0.383 e. The Morgan fingerprint density at radius 2 is 1.76 bits per heavy atom. The summed E-state index contributed by atoms with van der Waals surface area (Å²) >= 11 is 0. The molecule has 120 valence electrons. The lowest BCUT2D eigenvalue weighted by molar-refractivity contribution is 0.332. The average Bonchev–Trinajstić information content (AvgIpc) is 2.37. The van der Waals surface area contributed by atoms with Crippen molar-refractivity contribution in [1.29, 1.82) is 0 Å². The van der Waals surface area contributed by atoms with E-state index >= 15 is 0 Å². The number of hydrogen-bond donors (Lipinski definition) is 1. The average molecular weight is 313 g/mol. The first kappa shape index (κ1) is 17.9. The molecule has 0 saturated carbocycles. The topological polar surface area (TPSA) is 62.3 Å². The van der Waals surface area contributed by atoms with E-state index in [0.29, 0.717) is 25.3 Å². The fourth-order valence-electron chi connectivity index (χ4n) is 2.13. The molecule has 0 amide bonds. The van der Waals surface area contributed by atoms with Gasteiger partial charge in [0.25, 0.3) is 10.0 Å². The summed E-state index contributed by atoms with van der Waals surface area (Å²) in [5.41, 5.74) is 0.567. The van der Waals surface area contributed by atoms with E-state index in [0.717, 1.165) is 0 Å². The highest BCUT2D eigenvalue weighted by Crippen LogP contribution is 2.23. The van der Waals surface area contributed by atoms with Gasteiger partial charge in [-0.15, -0.1) is 0 Å². The Morgan fingerprint density at radius 3 is 2.24 bits per heavy atom. The Labute approximate surface area is 128 Å². The fourth-order valence-corrected chi connectivity index (χ4v) is 3.97. The van der Waals surface area contributed by atoms with Crippen molar-refractivity contribution in [2.24, 2.45) is 11.8 Å². The van der Waals surface area contributed by atoms with Crippen LogP contribution in [-0.2, 0) is 10.0 Å². The summed E-state index contributed by atoms with van der Waals surface area (Å²) in [4.78, 5) is 4.11. The monoisotopic (exact) mass is 313 g/mol. The molecule has 0 aromatic carbocycles. The number of pyridine rings is 1. The van der Waals surface area contributed by atoms with Gasteiger partial charge in [-0.05, 0) is 30.9 Å². The largest absolute Gasteiger partial charge is 0.383 e. The van der Waals surface area contributed by atoms with E-state index in [1.807, 2.05) is 34.6 Å². The molecule has 0 aliphatic rings. The molecule has 6 heteroatoms. The molecule has 1 rings (SSSR count). The van der Waals surface area contributed by atoms with Crippen molar-refractivity contribution in [3.05, 3.63) is 18.3 Å². The zero-order valence-corrected chi connectivity index (χ0v) is 14.4. The van der Waals surface area contributed by atoms with Crippen molar-refractivity contribution in [1.82, 2.24) is 9.29 Å². The maximum Gasteiger partial charge on any atom is 0.262 e. The summed E-state index contributed by atoms with van der Waals surface area (Å²) in [5, 5.41) is 3.19. The highest BCUT2D eigenvalue weighted by Gasteiger charge is 2.29. The zero-order valence-electron chi connectivity index (χ0n) is 13.6. The van der Waals surface area contributed by atoms with Crippen molar-refractivity contribution in [2.45, 2.75) is 39.6 Å². The first-order valence-corrected chi connectivity index (χ1v) is 8.92. The van der Waals surface area contributed by atoms with E-state index in [4.69, 9.17) is 0 Å². The van der Waals surface area contributed by atoms with Crippen molar-refractivity contribution >= 4 is 15.7 Å². The first-order valence-electron chi connectivity index (χ1n) is 7.48. The Bertz CT molecular complexity index is 532. The van der Waals surface area contributed by atoms with Gasteiger partial charge in [-0.2, -0.15) is 4.31 Å². The summed E-state index contributed by atoms with van der Waals surface area (Å²) in [7, 11) is -3.58. The van der Waals surface area contributed by atoms with E-state index in [1.54, 1.807) is 16.4 Å². The summed E-state index contributed by atoms with van der Waals surface area (Å²) < 4.78 is 27.4. The normalized spacial score (nSPS) is 12.4. The van der Waals surface area contributed by atoms with Crippen LogP contribution >= 0.6 is 0 Å². The lowest BCUT2D eigenvalue weighted by Gasteiger charge is -2.26. The van der Waals surface area contributed by atoms with Crippen molar-refractivity contribution in [2.75, 3.05) is 25.0 Å². The Morgan fingerprint density at radius 1 is 1.19 bits per heavy atom. The quantitative estimate of drug-likeness (QED) is 0.801. The van der Waals surface area contributed by atoms with Crippen LogP contribution in [0.4, 0.5) is 5.69 Å². The molecule has 0 radical (unpaired) electrons. The second-order valence-corrected chi connectivity index (χ2v) is 7.85. The third-order valence-electron chi connectivity index (χ3n) is 2.86. The van der Waals surface area contributed by atoms with Gasteiger partial charge < -0.3 is 5.32 Å². The highest BCUT2D eigenvalue weighted by atomic mass is 32.2. The van der Waals surface area contributed by atoms with Crippen molar-refractivity contribution in [3.63, 3.8) is 0 Å². The molecule has 0 fully saturated rings. The smallest absolute Gasteiger partial charge is 0.262 e. The maximum atomic E-state index is 12.9. The van der Waals surface area contributed by atoms with Gasteiger partial charge in [0, 0.05) is 25.8 Å². The third kappa shape index (κ3) is 4.97. The summed E-state index contributed by atoms with van der Waals surface area (Å²) in [6, 6.07) is 3.50. The summed E-state index contributed by atoms with van der Waals surface area (Å²) in [6.07, 6.45) is 1.52. The molecule has 0 unspecified atom stereocenters. The third-order valence-corrected chi connectivity index (χ3v) is 4.65. The lowest BCUT2D eigenvalue weighted by atomic mass is 10.2. The van der Waals surface area contributed by atoms with Crippen LogP contribution < -0.4 is 5.32 Å². The van der Waals surface area contributed by atoms with Crippen LogP contribution in [0.3, 0.4) is 0 Å². The maximum absolute atomic E-state index is 12.9. The molecule has 0 saturated heterocycles. The molecular formula is C15H27N3O2S. The van der Waals surface area contributed by atoms with E-state index in [1.165, 1.54) is 6.20 Å². The van der Waals surface area contributed by atoms with Crippen LogP contribution in [0, 0.1) is 11.8 Å². The molecule has 0 atom stereocenters. The zero-order chi connectivity index (χ0) is 16.0. The number of nitrogens with zero attached hydrogens (tertiary/aromatic N) is 2. The molecule has 1 N–H and O–H groups in total. The van der Waals surface area contributed by atoms with E-state index in [9.17, 15) is 8.42 Å². The SMILES string of the molecule is CCNc1cccnc1S(=O)(=O)N(CC(C)C)CC(C)C. The van der Waals surface area contributed by atoms with Gasteiger partial charge in [-0.1, -0.05) is 27.7 Å². The summed E-state index contributed by atoms with van der Waals surface area (Å²) in [6.45, 7) is 11.7. The lowest BCUT2D eigenvalue weighted by Crippen LogP contribution is -2.37. The molecule has 5 nitrogen and oxygen atoms in total. The first-order chi connectivity index (χ1) is 9.78. The number of sulfonamides is 1. The van der Waals surface area contributed by atoms with Crippen molar-refractivity contribution < 1.29 is 8.42 Å². The van der Waals surface area contributed by atoms with Gasteiger partial charge in [-0.25, -0.2) is 13.4 Å². The van der Waals surface area contributed by atoms with Gasteiger partial charge in [-0.3, -0.25) is 0 Å². The van der Waals surface area contributed by atoms with Crippen LogP contribution in [0.1, 0.15) is 34.6 Å². The molecule has 0 aliphatic heterocycles. The molecule has 0 aliphatic carbocycles. The second kappa shape index (κ2) is 7.75. The van der Waals surface area contributed by atoms with Gasteiger partial charge in [0.2, 0.25) is 0 Å². The molecule has 0 spiro atoms. The van der Waals surface area contributed by atoms with Crippen LogP contribution in [0.25, 0.3) is 0 Å². The van der Waals surface area contributed by atoms with Gasteiger partial charge >= 0.3 is 0 Å². The molecule has 1 heterocycles.